The minimum absolute atomic E-state index is 0.137. The molecule has 0 saturated heterocycles. The second-order valence-electron chi connectivity index (χ2n) is 6.51. The van der Waals surface area contributed by atoms with Crippen molar-refractivity contribution in [2.45, 2.75) is 13.3 Å². The number of halogens is 1. The number of anilines is 1. The summed E-state index contributed by atoms with van der Waals surface area (Å²) in [7, 11) is 0. The van der Waals surface area contributed by atoms with E-state index in [1.165, 1.54) is 12.1 Å². The first-order valence-electron chi connectivity index (χ1n) is 8.68. The highest BCUT2D eigenvalue weighted by Gasteiger charge is 2.13. The van der Waals surface area contributed by atoms with Crippen molar-refractivity contribution in [1.29, 1.82) is 0 Å². The number of H-pyrrole nitrogens is 1. The highest BCUT2D eigenvalue weighted by Crippen LogP contribution is 2.31. The van der Waals surface area contributed by atoms with E-state index < -0.39 is 0 Å². The van der Waals surface area contributed by atoms with Crippen molar-refractivity contribution in [3.05, 3.63) is 83.7 Å². The van der Waals surface area contributed by atoms with Crippen LogP contribution in [0.25, 0.3) is 22.0 Å². The van der Waals surface area contributed by atoms with Gasteiger partial charge in [0.25, 0.3) is 0 Å². The van der Waals surface area contributed by atoms with Crippen molar-refractivity contribution in [3.63, 3.8) is 0 Å². The Balaban J connectivity index is 1.66. The van der Waals surface area contributed by atoms with Gasteiger partial charge in [-0.05, 0) is 53.4 Å². The van der Waals surface area contributed by atoms with Crippen molar-refractivity contribution in [2.75, 3.05) is 5.32 Å². The van der Waals surface area contributed by atoms with Crippen molar-refractivity contribution in [1.82, 2.24) is 10.2 Å². The monoisotopic (exact) mass is 359 g/mol. The zero-order valence-corrected chi connectivity index (χ0v) is 14.8. The number of aromatic nitrogens is 2. The summed E-state index contributed by atoms with van der Waals surface area (Å²) in [6.45, 7) is 1.97. The summed E-state index contributed by atoms with van der Waals surface area (Å²) in [4.78, 5) is 12.4. The SMILES string of the molecule is Cc1cc2[nH]nc(NC(=O)Cc3ccccc3)c2cc1-c1cccc(F)c1. The quantitative estimate of drug-likeness (QED) is 0.547. The molecule has 134 valence electrons. The Labute approximate surface area is 156 Å². The summed E-state index contributed by atoms with van der Waals surface area (Å²) in [6, 6.07) is 19.9. The van der Waals surface area contributed by atoms with Crippen molar-refractivity contribution in [3.8, 4) is 11.1 Å². The Kier molecular flexibility index (Phi) is 4.42. The van der Waals surface area contributed by atoms with Gasteiger partial charge in [0, 0.05) is 5.39 Å². The third kappa shape index (κ3) is 3.58. The molecule has 1 heterocycles. The van der Waals surface area contributed by atoms with Crippen LogP contribution in [0.15, 0.2) is 66.7 Å². The molecule has 0 spiro atoms. The predicted molar refractivity (Wildman–Crippen MR) is 105 cm³/mol. The molecule has 27 heavy (non-hydrogen) atoms. The van der Waals surface area contributed by atoms with Gasteiger partial charge in [0.05, 0.1) is 11.9 Å². The van der Waals surface area contributed by atoms with Crippen LogP contribution in [0.2, 0.25) is 0 Å². The van der Waals surface area contributed by atoms with Gasteiger partial charge in [-0.2, -0.15) is 5.10 Å². The molecule has 4 nitrogen and oxygen atoms in total. The maximum Gasteiger partial charge on any atom is 0.230 e. The van der Waals surface area contributed by atoms with Crippen molar-refractivity contribution < 1.29 is 9.18 Å². The number of rotatable bonds is 4. The maximum atomic E-state index is 13.6. The van der Waals surface area contributed by atoms with Crippen LogP contribution in [0.4, 0.5) is 10.2 Å². The molecule has 0 radical (unpaired) electrons. The number of hydrogen-bond acceptors (Lipinski definition) is 2. The molecule has 4 rings (SSSR count). The van der Waals surface area contributed by atoms with E-state index in [2.05, 4.69) is 15.5 Å². The van der Waals surface area contributed by atoms with E-state index in [-0.39, 0.29) is 18.1 Å². The van der Waals surface area contributed by atoms with E-state index in [4.69, 9.17) is 0 Å². The number of carbonyl (C=O) groups excluding carboxylic acids is 1. The smallest absolute Gasteiger partial charge is 0.230 e. The molecule has 0 aliphatic carbocycles. The Morgan fingerprint density at radius 2 is 1.89 bits per heavy atom. The molecule has 4 aromatic rings. The van der Waals surface area contributed by atoms with Gasteiger partial charge in [0.2, 0.25) is 5.91 Å². The van der Waals surface area contributed by atoms with Gasteiger partial charge < -0.3 is 5.32 Å². The highest BCUT2D eigenvalue weighted by atomic mass is 19.1. The number of amides is 1. The van der Waals surface area contributed by atoms with Crippen LogP contribution in [0.1, 0.15) is 11.1 Å². The lowest BCUT2D eigenvalue weighted by Crippen LogP contribution is -2.14. The molecule has 5 heteroatoms. The molecule has 1 aromatic heterocycles. The van der Waals surface area contributed by atoms with Crippen LogP contribution >= 0.6 is 0 Å². The largest absolute Gasteiger partial charge is 0.308 e. The van der Waals surface area contributed by atoms with Gasteiger partial charge in [-0.3, -0.25) is 9.89 Å². The lowest BCUT2D eigenvalue weighted by Gasteiger charge is -2.08. The zero-order valence-electron chi connectivity index (χ0n) is 14.8. The van der Waals surface area contributed by atoms with E-state index in [0.29, 0.717) is 5.82 Å². The molecular formula is C22H18FN3O. The topological polar surface area (TPSA) is 57.8 Å². The molecule has 1 amide bonds. The van der Waals surface area contributed by atoms with Gasteiger partial charge in [-0.25, -0.2) is 4.39 Å². The third-order valence-electron chi connectivity index (χ3n) is 4.51. The summed E-state index contributed by atoms with van der Waals surface area (Å²) in [6.07, 6.45) is 0.276. The van der Waals surface area contributed by atoms with E-state index in [9.17, 15) is 9.18 Å². The van der Waals surface area contributed by atoms with E-state index in [1.54, 1.807) is 6.07 Å². The van der Waals surface area contributed by atoms with Crippen LogP contribution in [0, 0.1) is 12.7 Å². The second-order valence-corrected chi connectivity index (χ2v) is 6.51. The number of benzene rings is 3. The van der Waals surface area contributed by atoms with Gasteiger partial charge in [-0.1, -0.05) is 42.5 Å². The molecule has 0 atom stereocenters. The second kappa shape index (κ2) is 7.03. The molecule has 3 aromatic carbocycles. The summed E-state index contributed by atoms with van der Waals surface area (Å²) in [5, 5.41) is 10.8. The Bertz CT molecular complexity index is 1120. The normalized spacial score (nSPS) is 10.9. The zero-order chi connectivity index (χ0) is 18.8. The minimum Gasteiger partial charge on any atom is -0.308 e. The first kappa shape index (κ1) is 17.0. The minimum atomic E-state index is -0.282. The van der Waals surface area contributed by atoms with Gasteiger partial charge in [0.15, 0.2) is 5.82 Å². The van der Waals surface area contributed by atoms with E-state index in [0.717, 1.165) is 33.2 Å². The van der Waals surface area contributed by atoms with Gasteiger partial charge >= 0.3 is 0 Å². The standard InChI is InChI=1S/C22H18FN3O/c1-14-10-20-19(13-18(14)16-8-5-9-17(23)12-16)22(26-25-20)24-21(27)11-15-6-3-2-4-7-15/h2-10,12-13H,11H2,1H3,(H2,24,25,26,27). The lowest BCUT2D eigenvalue weighted by atomic mass is 9.98. The number of aryl methyl sites for hydroxylation is 1. The molecule has 0 unspecified atom stereocenters. The molecule has 0 saturated carbocycles. The van der Waals surface area contributed by atoms with Crippen molar-refractivity contribution in [2.24, 2.45) is 0 Å². The Morgan fingerprint density at radius 1 is 1.07 bits per heavy atom. The molecule has 2 N–H and O–H groups in total. The van der Waals surface area contributed by atoms with Crippen molar-refractivity contribution >= 4 is 22.6 Å². The Hall–Kier alpha value is -3.47. The molecule has 0 aliphatic heterocycles. The summed E-state index contributed by atoms with van der Waals surface area (Å²) < 4.78 is 13.6. The fourth-order valence-electron chi connectivity index (χ4n) is 3.19. The fourth-order valence-corrected chi connectivity index (χ4v) is 3.19. The number of hydrogen-bond donors (Lipinski definition) is 2. The van der Waals surface area contributed by atoms with Crippen LogP contribution in [0.5, 0.6) is 0 Å². The van der Waals surface area contributed by atoms with Crippen LogP contribution in [-0.2, 0) is 11.2 Å². The maximum absolute atomic E-state index is 13.6. The molecule has 0 fully saturated rings. The average Bonchev–Trinajstić information content (AvgIpc) is 3.03. The molecule has 0 bridgehead atoms. The fraction of sp³-hybridized carbons (Fsp3) is 0.0909. The lowest BCUT2D eigenvalue weighted by molar-refractivity contribution is -0.115. The van der Waals surface area contributed by atoms with Gasteiger partial charge in [0.1, 0.15) is 5.82 Å². The average molecular weight is 359 g/mol. The van der Waals surface area contributed by atoms with Crippen LogP contribution < -0.4 is 5.32 Å². The van der Waals surface area contributed by atoms with Crippen LogP contribution in [-0.4, -0.2) is 16.1 Å². The number of fused-ring (bicyclic) bond motifs is 1. The summed E-state index contributed by atoms with van der Waals surface area (Å²) in [5.41, 5.74) is 4.45. The van der Waals surface area contributed by atoms with Gasteiger partial charge in [-0.15, -0.1) is 0 Å². The predicted octanol–water partition coefficient (Wildman–Crippen LogP) is 4.86. The van der Waals surface area contributed by atoms with Crippen LogP contribution in [0.3, 0.4) is 0 Å². The number of nitrogens with one attached hydrogen (secondary N) is 2. The first-order chi connectivity index (χ1) is 13.1. The Morgan fingerprint density at radius 3 is 2.67 bits per heavy atom. The molecular weight excluding hydrogens is 341 g/mol. The highest BCUT2D eigenvalue weighted by molar-refractivity contribution is 6.02. The number of nitrogens with zero attached hydrogens (tertiary/aromatic N) is 1. The third-order valence-corrected chi connectivity index (χ3v) is 4.51. The summed E-state index contributed by atoms with van der Waals surface area (Å²) in [5.74, 6) is 0.0571. The first-order valence-corrected chi connectivity index (χ1v) is 8.68. The number of aromatic amines is 1. The van der Waals surface area contributed by atoms with E-state index >= 15 is 0 Å². The van der Waals surface area contributed by atoms with E-state index in [1.807, 2.05) is 55.5 Å². The molecule has 0 aliphatic rings. The number of carbonyl (C=O) groups is 1. The summed E-state index contributed by atoms with van der Waals surface area (Å²) >= 11 is 0.